The standard InChI is InChI=1S/C31H30O7/c1-35-29-19-21(23-7-3-5-9-27(23)37-17-15-32)11-13-25(29)31(34)26-14-12-22(20-30(26)36-2)24-8-4-6-10-28(24)38-18-16-33/h3-14,19-20,32-33H,15-18H2,1-2H3. The molecule has 2 N–H and O–H groups in total. The first-order valence-electron chi connectivity index (χ1n) is 12.2. The van der Waals surface area contributed by atoms with E-state index in [9.17, 15) is 4.79 Å². The summed E-state index contributed by atoms with van der Waals surface area (Å²) >= 11 is 0. The molecular weight excluding hydrogens is 484 g/mol. The first-order valence-corrected chi connectivity index (χ1v) is 12.2. The Kier molecular flexibility index (Phi) is 8.98. The van der Waals surface area contributed by atoms with Crippen LogP contribution in [-0.4, -0.2) is 56.6 Å². The molecule has 0 aromatic heterocycles. The number of benzene rings is 4. The van der Waals surface area contributed by atoms with Crippen LogP contribution in [-0.2, 0) is 0 Å². The van der Waals surface area contributed by atoms with E-state index in [4.69, 9.17) is 29.2 Å². The number of hydrogen-bond acceptors (Lipinski definition) is 7. The molecule has 4 aromatic carbocycles. The van der Waals surface area contributed by atoms with Crippen molar-refractivity contribution >= 4 is 5.78 Å². The van der Waals surface area contributed by atoms with Gasteiger partial charge in [-0.1, -0.05) is 48.5 Å². The number of methoxy groups -OCH3 is 2. The Bertz CT molecular complexity index is 1290. The van der Waals surface area contributed by atoms with Crippen molar-refractivity contribution in [3.05, 3.63) is 96.1 Å². The van der Waals surface area contributed by atoms with Crippen LogP contribution in [0.15, 0.2) is 84.9 Å². The highest BCUT2D eigenvalue weighted by atomic mass is 16.5. The van der Waals surface area contributed by atoms with E-state index in [0.717, 1.165) is 22.3 Å². The topological polar surface area (TPSA) is 94.5 Å². The summed E-state index contributed by atoms with van der Waals surface area (Å²) in [6.45, 7) is 0.178. The zero-order valence-corrected chi connectivity index (χ0v) is 21.3. The van der Waals surface area contributed by atoms with E-state index in [-0.39, 0.29) is 32.2 Å². The van der Waals surface area contributed by atoms with Gasteiger partial charge in [-0.2, -0.15) is 0 Å². The van der Waals surface area contributed by atoms with Gasteiger partial charge in [-0.15, -0.1) is 0 Å². The minimum atomic E-state index is -0.244. The lowest BCUT2D eigenvalue weighted by molar-refractivity contribution is 0.103. The molecule has 38 heavy (non-hydrogen) atoms. The molecule has 0 fully saturated rings. The highest BCUT2D eigenvalue weighted by Gasteiger charge is 2.21. The Morgan fingerprint density at radius 1 is 0.605 bits per heavy atom. The zero-order chi connectivity index (χ0) is 26.9. The lowest BCUT2D eigenvalue weighted by Gasteiger charge is -2.16. The number of carbonyl (C=O) groups excluding carboxylic acids is 1. The molecule has 0 amide bonds. The molecule has 0 spiro atoms. The third-order valence-electron chi connectivity index (χ3n) is 5.99. The van der Waals surface area contributed by atoms with Crippen LogP contribution in [0.1, 0.15) is 15.9 Å². The monoisotopic (exact) mass is 514 g/mol. The van der Waals surface area contributed by atoms with Crippen LogP contribution in [0.5, 0.6) is 23.0 Å². The Morgan fingerprint density at radius 3 is 1.42 bits per heavy atom. The Labute approximate surface area is 221 Å². The molecule has 0 aliphatic heterocycles. The Morgan fingerprint density at radius 2 is 1.03 bits per heavy atom. The van der Waals surface area contributed by atoms with Gasteiger partial charge in [-0.25, -0.2) is 0 Å². The predicted molar refractivity (Wildman–Crippen MR) is 145 cm³/mol. The molecule has 7 nitrogen and oxygen atoms in total. The van der Waals surface area contributed by atoms with Gasteiger partial charge in [0, 0.05) is 11.1 Å². The fourth-order valence-electron chi connectivity index (χ4n) is 4.21. The largest absolute Gasteiger partial charge is 0.496 e. The molecule has 0 bridgehead atoms. The molecule has 4 aromatic rings. The maximum absolute atomic E-state index is 13.7. The van der Waals surface area contributed by atoms with Crippen molar-refractivity contribution < 1.29 is 34.0 Å². The molecule has 0 saturated heterocycles. The maximum atomic E-state index is 13.7. The van der Waals surface area contributed by atoms with E-state index in [2.05, 4.69) is 0 Å². The summed E-state index contributed by atoms with van der Waals surface area (Å²) in [5.74, 6) is 1.84. The van der Waals surface area contributed by atoms with Gasteiger partial charge in [-0.05, 0) is 47.5 Å². The summed E-state index contributed by atoms with van der Waals surface area (Å²) in [5.41, 5.74) is 4.05. The minimum Gasteiger partial charge on any atom is -0.496 e. The smallest absolute Gasteiger partial charge is 0.200 e. The van der Waals surface area contributed by atoms with Gasteiger partial charge in [0.25, 0.3) is 0 Å². The van der Waals surface area contributed by atoms with E-state index in [1.807, 2.05) is 60.7 Å². The molecule has 0 radical (unpaired) electrons. The number of rotatable bonds is 12. The molecule has 0 unspecified atom stereocenters. The van der Waals surface area contributed by atoms with E-state index in [1.54, 1.807) is 24.3 Å². The molecule has 4 rings (SSSR count). The number of ether oxygens (including phenoxy) is 4. The van der Waals surface area contributed by atoms with Gasteiger partial charge in [0.1, 0.15) is 36.2 Å². The fourth-order valence-corrected chi connectivity index (χ4v) is 4.21. The Balaban J connectivity index is 1.69. The van der Waals surface area contributed by atoms with Crippen LogP contribution in [0.2, 0.25) is 0 Å². The molecule has 0 heterocycles. The van der Waals surface area contributed by atoms with Crippen molar-refractivity contribution in [1.82, 2.24) is 0 Å². The summed E-state index contributed by atoms with van der Waals surface area (Å²) in [5, 5.41) is 18.3. The summed E-state index contributed by atoms with van der Waals surface area (Å²) in [6, 6.07) is 25.7. The van der Waals surface area contributed by atoms with Gasteiger partial charge in [-0.3, -0.25) is 4.79 Å². The van der Waals surface area contributed by atoms with Crippen molar-refractivity contribution in [2.75, 3.05) is 40.6 Å². The van der Waals surface area contributed by atoms with Crippen molar-refractivity contribution in [2.45, 2.75) is 0 Å². The number of carbonyl (C=O) groups is 1. The van der Waals surface area contributed by atoms with Gasteiger partial charge in [0.05, 0.1) is 38.6 Å². The van der Waals surface area contributed by atoms with Gasteiger partial charge >= 0.3 is 0 Å². The summed E-state index contributed by atoms with van der Waals surface area (Å²) < 4.78 is 22.6. The second-order valence-corrected chi connectivity index (χ2v) is 8.30. The first kappa shape index (κ1) is 26.7. The molecule has 0 atom stereocenters. The van der Waals surface area contributed by atoms with E-state index in [0.29, 0.717) is 34.1 Å². The van der Waals surface area contributed by atoms with Crippen molar-refractivity contribution in [2.24, 2.45) is 0 Å². The normalized spacial score (nSPS) is 10.6. The molecular formula is C31H30O7. The molecule has 0 aliphatic rings. The van der Waals surface area contributed by atoms with Crippen LogP contribution in [0, 0.1) is 0 Å². The second kappa shape index (κ2) is 12.8. The van der Waals surface area contributed by atoms with E-state index in [1.165, 1.54) is 14.2 Å². The number of para-hydroxylation sites is 2. The lowest BCUT2D eigenvalue weighted by atomic mass is 9.95. The van der Waals surface area contributed by atoms with Crippen molar-refractivity contribution in [3.63, 3.8) is 0 Å². The zero-order valence-electron chi connectivity index (χ0n) is 21.3. The number of aliphatic hydroxyl groups is 2. The van der Waals surface area contributed by atoms with Crippen molar-refractivity contribution in [3.8, 4) is 45.3 Å². The molecule has 196 valence electrons. The lowest BCUT2D eigenvalue weighted by Crippen LogP contribution is -2.07. The summed E-state index contributed by atoms with van der Waals surface area (Å²) in [7, 11) is 3.04. The first-order chi connectivity index (χ1) is 18.6. The van der Waals surface area contributed by atoms with Gasteiger partial charge < -0.3 is 29.2 Å². The fraction of sp³-hybridized carbons (Fsp3) is 0.194. The predicted octanol–water partition coefficient (Wildman–Crippen LogP) is 5.01. The Hall–Kier alpha value is -4.33. The van der Waals surface area contributed by atoms with Crippen LogP contribution >= 0.6 is 0 Å². The third kappa shape index (κ3) is 5.80. The van der Waals surface area contributed by atoms with Crippen LogP contribution < -0.4 is 18.9 Å². The maximum Gasteiger partial charge on any atom is 0.200 e. The number of ketones is 1. The quantitative estimate of drug-likeness (QED) is 0.257. The average Bonchev–Trinajstić information content (AvgIpc) is 2.98. The van der Waals surface area contributed by atoms with Gasteiger partial charge in [0.15, 0.2) is 5.78 Å². The highest BCUT2D eigenvalue weighted by Crippen LogP contribution is 2.37. The highest BCUT2D eigenvalue weighted by molar-refractivity contribution is 6.13. The summed E-state index contributed by atoms with van der Waals surface area (Å²) in [4.78, 5) is 13.7. The summed E-state index contributed by atoms with van der Waals surface area (Å²) in [6.07, 6.45) is 0. The van der Waals surface area contributed by atoms with E-state index >= 15 is 0 Å². The van der Waals surface area contributed by atoms with Crippen LogP contribution in [0.3, 0.4) is 0 Å². The third-order valence-corrected chi connectivity index (χ3v) is 5.99. The SMILES string of the molecule is COc1cc(-c2ccccc2OCCO)ccc1C(=O)c1ccc(-c2ccccc2OCCO)cc1OC. The van der Waals surface area contributed by atoms with Gasteiger partial charge in [0.2, 0.25) is 0 Å². The van der Waals surface area contributed by atoms with E-state index < -0.39 is 0 Å². The molecule has 0 aliphatic carbocycles. The molecule has 0 saturated carbocycles. The second-order valence-electron chi connectivity index (χ2n) is 8.30. The molecule has 7 heteroatoms. The van der Waals surface area contributed by atoms with Crippen molar-refractivity contribution in [1.29, 1.82) is 0 Å². The number of hydrogen-bond donors (Lipinski definition) is 2. The average molecular weight is 515 g/mol. The minimum absolute atomic E-state index is 0.0903. The van der Waals surface area contributed by atoms with Crippen LogP contribution in [0.4, 0.5) is 0 Å². The van der Waals surface area contributed by atoms with Crippen LogP contribution in [0.25, 0.3) is 22.3 Å². The number of aliphatic hydroxyl groups excluding tert-OH is 2.